The van der Waals surface area contributed by atoms with E-state index in [4.69, 9.17) is 5.73 Å². The van der Waals surface area contributed by atoms with E-state index < -0.39 is 0 Å². The highest BCUT2D eigenvalue weighted by Gasteiger charge is 2.27. The van der Waals surface area contributed by atoms with Gasteiger partial charge in [0.25, 0.3) is 0 Å². The minimum absolute atomic E-state index is 0.346. The molecule has 1 aromatic carbocycles. The number of fused-ring (bicyclic) bond motifs is 1. The molecule has 2 rings (SSSR count). The quantitative estimate of drug-likeness (QED) is 0.722. The molecule has 2 N–H and O–H groups in total. The summed E-state index contributed by atoms with van der Waals surface area (Å²) in [6, 6.07) is 6.59. The summed E-state index contributed by atoms with van der Waals surface area (Å²) in [5, 5.41) is 0. The zero-order valence-corrected chi connectivity index (χ0v) is 9.14. The molecule has 1 aliphatic rings. The van der Waals surface area contributed by atoms with Gasteiger partial charge in [-0.2, -0.15) is 0 Å². The average Bonchev–Trinajstić information content (AvgIpc) is 2.17. The third kappa shape index (κ3) is 1.46. The Morgan fingerprint density at radius 3 is 2.86 bits per heavy atom. The van der Waals surface area contributed by atoms with Gasteiger partial charge >= 0.3 is 0 Å². The topological polar surface area (TPSA) is 26.0 Å². The Bertz CT molecular complexity index is 339. The molecule has 0 aliphatic heterocycles. The minimum atomic E-state index is 0.346. The summed E-state index contributed by atoms with van der Waals surface area (Å²) < 4.78 is 0. The lowest BCUT2D eigenvalue weighted by molar-refractivity contribution is 0.430. The second kappa shape index (κ2) is 3.39. The van der Waals surface area contributed by atoms with E-state index in [0.717, 1.165) is 0 Å². The first-order valence-corrected chi connectivity index (χ1v) is 5.46. The average molecular weight is 189 g/mol. The van der Waals surface area contributed by atoms with Gasteiger partial charge in [-0.05, 0) is 41.4 Å². The van der Waals surface area contributed by atoms with Crippen molar-refractivity contribution in [2.45, 2.75) is 45.1 Å². The molecular weight excluding hydrogens is 170 g/mol. The minimum Gasteiger partial charge on any atom is -0.326 e. The van der Waals surface area contributed by atoms with Crippen LogP contribution >= 0.6 is 0 Å². The van der Waals surface area contributed by atoms with Crippen LogP contribution in [0.15, 0.2) is 18.2 Å². The molecule has 0 amide bonds. The van der Waals surface area contributed by atoms with E-state index in [9.17, 15) is 0 Å². The molecule has 1 aliphatic carbocycles. The molecule has 0 aromatic heterocycles. The zero-order chi connectivity index (χ0) is 10.2. The lowest BCUT2D eigenvalue weighted by Crippen LogP contribution is -2.25. The molecule has 0 saturated carbocycles. The Labute approximate surface area is 86.3 Å². The third-order valence-electron chi connectivity index (χ3n) is 3.45. The Balaban J connectivity index is 2.55. The van der Waals surface area contributed by atoms with Crippen molar-refractivity contribution in [3.63, 3.8) is 0 Å². The van der Waals surface area contributed by atoms with Crippen LogP contribution in [0.3, 0.4) is 0 Å². The van der Waals surface area contributed by atoms with Gasteiger partial charge in [0.05, 0.1) is 0 Å². The van der Waals surface area contributed by atoms with Crippen molar-refractivity contribution in [2.24, 2.45) is 5.73 Å². The van der Waals surface area contributed by atoms with Crippen LogP contribution in [0.5, 0.6) is 0 Å². The molecule has 0 saturated heterocycles. The maximum atomic E-state index is 5.76. The van der Waals surface area contributed by atoms with Crippen molar-refractivity contribution in [1.82, 2.24) is 0 Å². The monoisotopic (exact) mass is 189 g/mol. The van der Waals surface area contributed by atoms with Crippen LogP contribution in [0.4, 0.5) is 0 Å². The highest BCUT2D eigenvalue weighted by atomic mass is 14.5. The molecule has 1 aromatic rings. The van der Waals surface area contributed by atoms with E-state index in [-0.39, 0.29) is 0 Å². The van der Waals surface area contributed by atoms with Crippen LogP contribution in [0.1, 0.15) is 43.4 Å². The molecule has 1 heteroatoms. The standard InChI is InChI=1S/C13H19N/c1-13(2)8-4-6-11-10(9-14)5-3-7-12(11)13/h3,5,7H,4,6,8-9,14H2,1-2H3. The van der Waals surface area contributed by atoms with Crippen LogP contribution in [0, 0.1) is 0 Å². The molecule has 0 heterocycles. The summed E-state index contributed by atoms with van der Waals surface area (Å²) in [5.41, 5.74) is 10.5. The Morgan fingerprint density at radius 2 is 2.14 bits per heavy atom. The molecular formula is C13H19N. The summed E-state index contributed by atoms with van der Waals surface area (Å²) in [6.07, 6.45) is 3.82. The van der Waals surface area contributed by atoms with Crippen molar-refractivity contribution in [1.29, 1.82) is 0 Å². The van der Waals surface area contributed by atoms with Crippen molar-refractivity contribution < 1.29 is 0 Å². The van der Waals surface area contributed by atoms with Gasteiger partial charge in [-0.25, -0.2) is 0 Å². The van der Waals surface area contributed by atoms with Crippen molar-refractivity contribution in [3.05, 3.63) is 34.9 Å². The molecule has 14 heavy (non-hydrogen) atoms. The molecule has 0 bridgehead atoms. The molecule has 0 unspecified atom stereocenters. The molecule has 1 nitrogen and oxygen atoms in total. The summed E-state index contributed by atoms with van der Waals surface area (Å²) in [5.74, 6) is 0. The molecule has 76 valence electrons. The van der Waals surface area contributed by atoms with E-state index >= 15 is 0 Å². The third-order valence-corrected chi connectivity index (χ3v) is 3.45. The Hall–Kier alpha value is -0.820. The van der Waals surface area contributed by atoms with Crippen LogP contribution < -0.4 is 5.73 Å². The summed E-state index contributed by atoms with van der Waals surface area (Å²) in [4.78, 5) is 0. The summed E-state index contributed by atoms with van der Waals surface area (Å²) in [7, 11) is 0. The SMILES string of the molecule is CC1(C)CCCc2c(CN)cccc21. The van der Waals surface area contributed by atoms with Crippen LogP contribution in [0.25, 0.3) is 0 Å². The fourth-order valence-corrected chi connectivity index (χ4v) is 2.60. The second-order valence-corrected chi connectivity index (χ2v) is 4.88. The van der Waals surface area contributed by atoms with Gasteiger partial charge in [0, 0.05) is 6.54 Å². The molecule has 0 atom stereocenters. The first-order chi connectivity index (χ1) is 6.65. The maximum Gasteiger partial charge on any atom is 0.0180 e. The van der Waals surface area contributed by atoms with Gasteiger partial charge in [0.1, 0.15) is 0 Å². The van der Waals surface area contributed by atoms with E-state index in [1.807, 2.05) is 0 Å². The first kappa shape index (κ1) is 9.72. The van der Waals surface area contributed by atoms with Crippen molar-refractivity contribution in [3.8, 4) is 0 Å². The van der Waals surface area contributed by atoms with E-state index in [2.05, 4.69) is 32.0 Å². The highest BCUT2D eigenvalue weighted by Crippen LogP contribution is 2.37. The van der Waals surface area contributed by atoms with Crippen LogP contribution in [-0.2, 0) is 18.4 Å². The van der Waals surface area contributed by atoms with Crippen molar-refractivity contribution in [2.75, 3.05) is 0 Å². The van der Waals surface area contributed by atoms with Gasteiger partial charge < -0.3 is 5.73 Å². The van der Waals surface area contributed by atoms with E-state index in [0.29, 0.717) is 12.0 Å². The predicted molar refractivity (Wildman–Crippen MR) is 60.3 cm³/mol. The predicted octanol–water partition coefficient (Wildman–Crippen LogP) is 2.76. The maximum absolute atomic E-state index is 5.76. The zero-order valence-electron chi connectivity index (χ0n) is 9.14. The first-order valence-electron chi connectivity index (χ1n) is 5.46. The fourth-order valence-electron chi connectivity index (χ4n) is 2.60. The second-order valence-electron chi connectivity index (χ2n) is 4.88. The number of hydrogen-bond donors (Lipinski definition) is 1. The van der Waals surface area contributed by atoms with Gasteiger partial charge in [-0.1, -0.05) is 32.0 Å². The fraction of sp³-hybridized carbons (Fsp3) is 0.538. The number of nitrogens with two attached hydrogens (primary N) is 1. The van der Waals surface area contributed by atoms with Crippen LogP contribution in [-0.4, -0.2) is 0 Å². The van der Waals surface area contributed by atoms with Gasteiger partial charge in [-0.15, -0.1) is 0 Å². The largest absolute Gasteiger partial charge is 0.326 e. The van der Waals surface area contributed by atoms with Gasteiger partial charge in [0.2, 0.25) is 0 Å². The number of benzene rings is 1. The normalized spacial score (nSPS) is 19.1. The van der Waals surface area contributed by atoms with E-state index in [1.54, 1.807) is 0 Å². The molecule has 0 fully saturated rings. The lowest BCUT2D eigenvalue weighted by Gasteiger charge is -2.33. The lowest BCUT2D eigenvalue weighted by atomic mass is 9.71. The highest BCUT2D eigenvalue weighted by molar-refractivity contribution is 5.41. The van der Waals surface area contributed by atoms with Gasteiger partial charge in [0.15, 0.2) is 0 Å². The summed E-state index contributed by atoms with van der Waals surface area (Å²) in [6.45, 7) is 5.36. The van der Waals surface area contributed by atoms with Gasteiger partial charge in [-0.3, -0.25) is 0 Å². The van der Waals surface area contributed by atoms with Crippen molar-refractivity contribution >= 4 is 0 Å². The summed E-state index contributed by atoms with van der Waals surface area (Å²) >= 11 is 0. The number of rotatable bonds is 1. The molecule has 0 radical (unpaired) electrons. The smallest absolute Gasteiger partial charge is 0.0180 e. The Morgan fingerprint density at radius 1 is 1.36 bits per heavy atom. The molecule has 0 spiro atoms. The van der Waals surface area contributed by atoms with Crippen LogP contribution in [0.2, 0.25) is 0 Å². The van der Waals surface area contributed by atoms with E-state index in [1.165, 1.54) is 36.0 Å². The Kier molecular flexibility index (Phi) is 2.36. The number of hydrogen-bond acceptors (Lipinski definition) is 1.